The van der Waals surface area contributed by atoms with Crippen LogP contribution in [0.4, 0.5) is 0 Å². The Hall–Kier alpha value is -1.75. The molecule has 0 radical (unpaired) electrons. The molecule has 0 saturated heterocycles. The van der Waals surface area contributed by atoms with Gasteiger partial charge in [-0.1, -0.05) is 0 Å². The number of thiophene rings is 1. The van der Waals surface area contributed by atoms with E-state index in [1.165, 1.54) is 16.0 Å². The maximum atomic E-state index is 12.2. The molecular weight excluding hydrogens is 272 g/mol. The van der Waals surface area contributed by atoms with E-state index < -0.39 is 0 Å². The lowest BCUT2D eigenvalue weighted by Gasteiger charge is -2.15. The first-order chi connectivity index (χ1) is 9.63. The van der Waals surface area contributed by atoms with Crippen LogP contribution >= 0.6 is 11.3 Å². The summed E-state index contributed by atoms with van der Waals surface area (Å²) in [5, 5.41) is 4.37. The summed E-state index contributed by atoms with van der Waals surface area (Å²) >= 11 is 1.46. The number of hydrogen-bond acceptors (Lipinski definition) is 4. The van der Waals surface area contributed by atoms with Gasteiger partial charge in [-0.2, -0.15) is 5.10 Å². The first kappa shape index (κ1) is 13.2. The van der Waals surface area contributed by atoms with Gasteiger partial charge < -0.3 is 0 Å². The van der Waals surface area contributed by atoms with E-state index in [4.69, 9.17) is 0 Å². The third kappa shape index (κ3) is 2.58. The van der Waals surface area contributed by atoms with E-state index in [1.807, 2.05) is 19.1 Å². The predicted octanol–water partition coefficient (Wildman–Crippen LogP) is 2.37. The minimum Gasteiger partial charge on any atom is -0.291 e. The van der Waals surface area contributed by atoms with Crippen LogP contribution in [0.3, 0.4) is 0 Å². The lowest BCUT2D eigenvalue weighted by atomic mass is 9.97. The molecule has 2 aromatic heterocycles. The van der Waals surface area contributed by atoms with Crippen LogP contribution in [0.15, 0.2) is 23.0 Å². The Balaban J connectivity index is 1.87. The molecule has 4 nitrogen and oxygen atoms in total. The van der Waals surface area contributed by atoms with Gasteiger partial charge in [0, 0.05) is 10.9 Å². The summed E-state index contributed by atoms with van der Waals surface area (Å²) < 4.78 is 1.31. The number of hydrogen-bond donors (Lipinski definition) is 0. The summed E-state index contributed by atoms with van der Waals surface area (Å²) in [6, 6.07) is 5.38. The molecule has 20 heavy (non-hydrogen) atoms. The quantitative estimate of drug-likeness (QED) is 0.815. The van der Waals surface area contributed by atoms with Gasteiger partial charge in [-0.15, -0.1) is 11.3 Å². The maximum absolute atomic E-state index is 12.2. The highest BCUT2D eigenvalue weighted by Gasteiger charge is 2.15. The van der Waals surface area contributed by atoms with Gasteiger partial charge in [0.15, 0.2) is 5.78 Å². The number of carbonyl (C=O) groups is 1. The number of Topliss-reactive ketones (excluding diaryl/α,β-unsaturated/α-hetero) is 1. The Morgan fingerprint density at radius 3 is 2.90 bits per heavy atom. The Labute approximate surface area is 121 Å². The van der Waals surface area contributed by atoms with Crippen LogP contribution in [-0.2, 0) is 19.4 Å². The van der Waals surface area contributed by atoms with Crippen LogP contribution in [0.1, 0.15) is 38.6 Å². The molecule has 0 saturated carbocycles. The summed E-state index contributed by atoms with van der Waals surface area (Å²) in [6.45, 7) is 2.00. The molecule has 0 atom stereocenters. The van der Waals surface area contributed by atoms with Gasteiger partial charge in [-0.05, 0) is 50.3 Å². The second-order valence-corrected chi connectivity index (χ2v) is 6.44. The summed E-state index contributed by atoms with van der Waals surface area (Å²) in [7, 11) is 0. The van der Waals surface area contributed by atoms with E-state index in [2.05, 4.69) is 5.10 Å². The molecule has 0 bridgehead atoms. The minimum absolute atomic E-state index is 0.0338. The zero-order chi connectivity index (χ0) is 14.1. The van der Waals surface area contributed by atoms with Crippen LogP contribution in [0.5, 0.6) is 0 Å². The minimum atomic E-state index is -0.174. The molecule has 3 rings (SSSR count). The Morgan fingerprint density at radius 1 is 1.35 bits per heavy atom. The first-order valence-corrected chi connectivity index (χ1v) is 7.65. The largest absolute Gasteiger partial charge is 0.291 e. The van der Waals surface area contributed by atoms with Gasteiger partial charge in [0.05, 0.1) is 10.6 Å². The molecule has 104 valence electrons. The summed E-state index contributed by atoms with van der Waals surface area (Å²) in [6.07, 6.45) is 4.06. The Bertz CT molecular complexity index is 715. The fourth-order valence-electron chi connectivity index (χ4n) is 2.51. The fraction of sp³-hybridized carbons (Fsp3) is 0.400. The van der Waals surface area contributed by atoms with Crippen molar-refractivity contribution < 1.29 is 4.79 Å². The van der Waals surface area contributed by atoms with Crippen molar-refractivity contribution in [2.24, 2.45) is 0 Å². The average Bonchev–Trinajstić information content (AvgIpc) is 2.86. The highest BCUT2D eigenvalue weighted by Crippen LogP contribution is 2.18. The van der Waals surface area contributed by atoms with Crippen molar-refractivity contribution in [2.75, 3.05) is 0 Å². The van der Waals surface area contributed by atoms with E-state index in [0.29, 0.717) is 4.88 Å². The number of nitrogens with zero attached hydrogens (tertiary/aromatic N) is 2. The van der Waals surface area contributed by atoms with Gasteiger partial charge >= 0.3 is 0 Å². The molecule has 0 N–H and O–H groups in total. The van der Waals surface area contributed by atoms with Gasteiger partial charge in [-0.3, -0.25) is 9.59 Å². The standard InChI is InChI=1S/C15H16N2O2S/c1-10-6-7-14(20-10)13(18)9-17-15(19)8-11-4-2-3-5-12(11)16-17/h6-8H,2-5,9H2,1H3. The SMILES string of the molecule is Cc1ccc(C(=O)Cn2nc3c(cc2=O)CCCC3)s1. The van der Waals surface area contributed by atoms with Crippen molar-refractivity contribution in [2.45, 2.75) is 39.2 Å². The molecule has 0 spiro atoms. The number of ketones is 1. The van der Waals surface area contributed by atoms with Crippen molar-refractivity contribution in [3.63, 3.8) is 0 Å². The Kier molecular flexibility index (Phi) is 3.53. The molecule has 0 amide bonds. The van der Waals surface area contributed by atoms with Gasteiger partial charge in [0.1, 0.15) is 6.54 Å². The average molecular weight is 288 g/mol. The van der Waals surface area contributed by atoms with Crippen LogP contribution in [0, 0.1) is 6.92 Å². The van der Waals surface area contributed by atoms with Crippen LogP contribution in [-0.4, -0.2) is 15.6 Å². The van der Waals surface area contributed by atoms with Crippen LogP contribution in [0.2, 0.25) is 0 Å². The van der Waals surface area contributed by atoms with Crippen molar-refractivity contribution in [3.05, 3.63) is 49.6 Å². The maximum Gasteiger partial charge on any atom is 0.267 e. The lowest BCUT2D eigenvalue weighted by Crippen LogP contribution is -2.29. The highest BCUT2D eigenvalue weighted by atomic mass is 32.1. The number of fused-ring (bicyclic) bond motifs is 1. The van der Waals surface area contributed by atoms with Crippen molar-refractivity contribution in [1.82, 2.24) is 9.78 Å². The van der Waals surface area contributed by atoms with E-state index >= 15 is 0 Å². The van der Waals surface area contributed by atoms with Gasteiger partial charge in [0.25, 0.3) is 5.56 Å². The molecule has 0 unspecified atom stereocenters. The lowest BCUT2D eigenvalue weighted by molar-refractivity contribution is 0.0969. The van der Waals surface area contributed by atoms with Gasteiger partial charge in [0.2, 0.25) is 0 Å². The normalized spacial score (nSPS) is 14.1. The van der Waals surface area contributed by atoms with Gasteiger partial charge in [-0.25, -0.2) is 4.68 Å². The van der Waals surface area contributed by atoms with Crippen molar-refractivity contribution >= 4 is 17.1 Å². The zero-order valence-electron chi connectivity index (χ0n) is 11.4. The first-order valence-electron chi connectivity index (χ1n) is 6.83. The molecule has 1 aliphatic rings. The van der Waals surface area contributed by atoms with E-state index in [-0.39, 0.29) is 17.9 Å². The molecule has 0 aliphatic heterocycles. The number of aryl methyl sites for hydroxylation is 3. The zero-order valence-corrected chi connectivity index (χ0v) is 12.2. The molecule has 5 heteroatoms. The molecule has 1 aliphatic carbocycles. The summed E-state index contributed by atoms with van der Waals surface area (Å²) in [5.74, 6) is -0.0477. The van der Waals surface area contributed by atoms with E-state index in [1.54, 1.807) is 6.07 Å². The topological polar surface area (TPSA) is 52.0 Å². The fourth-order valence-corrected chi connectivity index (χ4v) is 3.31. The van der Waals surface area contributed by atoms with Crippen molar-refractivity contribution in [1.29, 1.82) is 0 Å². The molecule has 2 heterocycles. The van der Waals surface area contributed by atoms with E-state index in [0.717, 1.165) is 41.8 Å². The number of carbonyl (C=O) groups excluding carboxylic acids is 1. The second kappa shape index (κ2) is 5.32. The number of rotatable bonds is 3. The monoisotopic (exact) mass is 288 g/mol. The van der Waals surface area contributed by atoms with E-state index in [9.17, 15) is 9.59 Å². The summed E-state index contributed by atoms with van der Waals surface area (Å²) in [4.78, 5) is 26.0. The predicted molar refractivity (Wildman–Crippen MR) is 78.5 cm³/mol. The van der Waals surface area contributed by atoms with Crippen LogP contribution < -0.4 is 5.56 Å². The smallest absolute Gasteiger partial charge is 0.267 e. The molecule has 0 aromatic carbocycles. The second-order valence-electron chi connectivity index (χ2n) is 5.15. The summed E-state index contributed by atoms with van der Waals surface area (Å²) in [5.41, 5.74) is 1.86. The Morgan fingerprint density at radius 2 is 2.15 bits per heavy atom. The van der Waals surface area contributed by atoms with Crippen LogP contribution in [0.25, 0.3) is 0 Å². The third-order valence-corrected chi connectivity index (χ3v) is 4.62. The molecule has 2 aromatic rings. The highest BCUT2D eigenvalue weighted by molar-refractivity contribution is 7.14. The molecular formula is C15H16N2O2S. The molecule has 0 fully saturated rings. The third-order valence-electron chi connectivity index (χ3n) is 3.58. The van der Waals surface area contributed by atoms with Crippen molar-refractivity contribution in [3.8, 4) is 0 Å². The number of aromatic nitrogens is 2.